The van der Waals surface area contributed by atoms with Gasteiger partial charge in [-0.3, -0.25) is 9.78 Å². The molecule has 0 fully saturated rings. The van der Waals surface area contributed by atoms with E-state index in [1.807, 2.05) is 44.2 Å². The fourth-order valence-corrected chi connectivity index (χ4v) is 2.35. The molecule has 1 aromatic carbocycles. The minimum atomic E-state index is -0.237. The summed E-state index contributed by atoms with van der Waals surface area (Å²) in [7, 11) is 0. The van der Waals surface area contributed by atoms with Crippen molar-refractivity contribution in [1.29, 1.82) is 0 Å². The molecule has 3 amide bonds. The van der Waals surface area contributed by atoms with Crippen LogP contribution in [0.15, 0.2) is 36.5 Å². The first-order valence-electron chi connectivity index (χ1n) is 7.65. The highest BCUT2D eigenvalue weighted by molar-refractivity contribution is 6.01. The standard InChI is InChI=1S/C17H22N4O2/c1-12(2)20-17(23)19-10-11-21(13(3)22)15-8-4-6-14-7-5-9-18-16(14)15/h4-9,12H,10-11H2,1-3H3,(H2,19,20,23). The molecule has 0 saturated heterocycles. The van der Waals surface area contributed by atoms with Gasteiger partial charge in [-0.15, -0.1) is 0 Å². The topological polar surface area (TPSA) is 74.3 Å². The second-order valence-corrected chi connectivity index (χ2v) is 5.58. The minimum absolute atomic E-state index is 0.0705. The number of aromatic nitrogens is 1. The summed E-state index contributed by atoms with van der Waals surface area (Å²) in [6, 6.07) is 9.37. The highest BCUT2D eigenvalue weighted by Gasteiger charge is 2.15. The molecule has 2 N–H and O–H groups in total. The van der Waals surface area contributed by atoms with Crippen molar-refractivity contribution in [3.05, 3.63) is 36.5 Å². The first-order valence-corrected chi connectivity index (χ1v) is 7.65. The van der Waals surface area contributed by atoms with Crippen molar-refractivity contribution in [1.82, 2.24) is 15.6 Å². The summed E-state index contributed by atoms with van der Waals surface area (Å²) >= 11 is 0. The zero-order valence-corrected chi connectivity index (χ0v) is 13.7. The molecule has 122 valence electrons. The zero-order chi connectivity index (χ0) is 16.8. The maximum Gasteiger partial charge on any atom is 0.315 e. The molecule has 0 radical (unpaired) electrons. The van der Waals surface area contributed by atoms with E-state index in [9.17, 15) is 9.59 Å². The summed E-state index contributed by atoms with van der Waals surface area (Å²) in [5, 5.41) is 6.48. The van der Waals surface area contributed by atoms with Crippen LogP contribution in [0.4, 0.5) is 10.5 Å². The average Bonchev–Trinajstić information content (AvgIpc) is 2.50. The number of benzene rings is 1. The quantitative estimate of drug-likeness (QED) is 0.889. The number of urea groups is 1. The SMILES string of the molecule is CC(=O)N(CCNC(=O)NC(C)C)c1cccc2cccnc12. The van der Waals surface area contributed by atoms with Gasteiger partial charge in [0.15, 0.2) is 0 Å². The van der Waals surface area contributed by atoms with Gasteiger partial charge in [0.1, 0.15) is 0 Å². The van der Waals surface area contributed by atoms with E-state index in [0.717, 1.165) is 16.6 Å². The Balaban J connectivity index is 2.12. The van der Waals surface area contributed by atoms with Crippen molar-refractivity contribution in [3.8, 4) is 0 Å². The van der Waals surface area contributed by atoms with Gasteiger partial charge in [0.05, 0.1) is 11.2 Å². The van der Waals surface area contributed by atoms with Gasteiger partial charge in [-0.1, -0.05) is 18.2 Å². The molecule has 6 nitrogen and oxygen atoms in total. The first kappa shape index (κ1) is 16.7. The average molecular weight is 314 g/mol. The molecule has 6 heteroatoms. The van der Waals surface area contributed by atoms with E-state index in [1.54, 1.807) is 11.1 Å². The summed E-state index contributed by atoms with van der Waals surface area (Å²) in [6.45, 7) is 6.04. The van der Waals surface area contributed by atoms with Gasteiger partial charge in [0.25, 0.3) is 0 Å². The molecule has 0 saturated carbocycles. The molecule has 0 bridgehead atoms. The van der Waals surface area contributed by atoms with Gasteiger partial charge in [0.2, 0.25) is 5.91 Å². The molecule has 1 aromatic heterocycles. The Kier molecular flexibility index (Phi) is 5.51. The monoisotopic (exact) mass is 314 g/mol. The lowest BCUT2D eigenvalue weighted by Crippen LogP contribution is -2.43. The number of anilines is 1. The number of amides is 3. The van der Waals surface area contributed by atoms with Crippen LogP contribution in [0.1, 0.15) is 20.8 Å². The Morgan fingerprint density at radius 3 is 2.65 bits per heavy atom. The van der Waals surface area contributed by atoms with Crippen molar-refractivity contribution >= 4 is 28.5 Å². The van der Waals surface area contributed by atoms with Crippen LogP contribution >= 0.6 is 0 Å². The number of hydrogen-bond donors (Lipinski definition) is 2. The number of nitrogens with zero attached hydrogens (tertiary/aromatic N) is 2. The number of pyridine rings is 1. The number of hydrogen-bond acceptors (Lipinski definition) is 3. The fourth-order valence-electron chi connectivity index (χ4n) is 2.35. The van der Waals surface area contributed by atoms with Crippen LogP contribution in [0.3, 0.4) is 0 Å². The molecule has 1 heterocycles. The van der Waals surface area contributed by atoms with Crippen molar-refractivity contribution in [2.45, 2.75) is 26.8 Å². The Morgan fingerprint density at radius 1 is 1.22 bits per heavy atom. The van der Waals surface area contributed by atoms with Crippen LogP contribution in [0.5, 0.6) is 0 Å². The van der Waals surface area contributed by atoms with Crippen LogP contribution in [0.25, 0.3) is 10.9 Å². The molecule has 0 spiro atoms. The number of fused-ring (bicyclic) bond motifs is 1. The number of para-hydroxylation sites is 1. The number of rotatable bonds is 5. The summed E-state index contributed by atoms with van der Waals surface area (Å²) in [6.07, 6.45) is 1.71. The molecular weight excluding hydrogens is 292 g/mol. The Hall–Kier alpha value is -2.63. The van der Waals surface area contributed by atoms with Gasteiger partial charge in [-0.25, -0.2) is 4.79 Å². The predicted molar refractivity (Wildman–Crippen MR) is 91.4 cm³/mol. The maximum atomic E-state index is 12.0. The molecular formula is C17H22N4O2. The van der Waals surface area contributed by atoms with Gasteiger partial charge in [-0.05, 0) is 26.0 Å². The van der Waals surface area contributed by atoms with Gasteiger partial charge >= 0.3 is 6.03 Å². The smallest absolute Gasteiger partial charge is 0.315 e. The Bertz CT molecular complexity index is 695. The molecule has 0 aliphatic carbocycles. The van der Waals surface area contributed by atoms with E-state index < -0.39 is 0 Å². The molecule has 0 unspecified atom stereocenters. The zero-order valence-electron chi connectivity index (χ0n) is 13.7. The van der Waals surface area contributed by atoms with E-state index in [2.05, 4.69) is 15.6 Å². The van der Waals surface area contributed by atoms with Crippen molar-refractivity contribution < 1.29 is 9.59 Å². The summed E-state index contributed by atoms with van der Waals surface area (Å²) in [5.41, 5.74) is 1.53. The number of carbonyl (C=O) groups is 2. The van der Waals surface area contributed by atoms with E-state index in [0.29, 0.717) is 13.1 Å². The summed E-state index contributed by atoms with van der Waals surface area (Å²) in [5.74, 6) is -0.0887. The number of nitrogens with one attached hydrogen (secondary N) is 2. The van der Waals surface area contributed by atoms with Crippen LogP contribution in [0, 0.1) is 0 Å². The minimum Gasteiger partial charge on any atom is -0.336 e. The van der Waals surface area contributed by atoms with E-state index in [4.69, 9.17) is 0 Å². The first-order chi connectivity index (χ1) is 11.0. The highest BCUT2D eigenvalue weighted by atomic mass is 16.2. The predicted octanol–water partition coefficient (Wildman–Crippen LogP) is 2.30. The van der Waals surface area contributed by atoms with Crippen LogP contribution in [-0.4, -0.2) is 36.1 Å². The lowest BCUT2D eigenvalue weighted by atomic mass is 10.1. The summed E-state index contributed by atoms with van der Waals surface area (Å²) in [4.78, 5) is 29.6. The van der Waals surface area contributed by atoms with Gasteiger partial charge in [-0.2, -0.15) is 0 Å². The third-order valence-electron chi connectivity index (χ3n) is 3.32. The number of carbonyl (C=O) groups excluding carboxylic acids is 2. The van der Waals surface area contributed by atoms with Gasteiger partial charge < -0.3 is 15.5 Å². The molecule has 2 rings (SSSR count). The highest BCUT2D eigenvalue weighted by Crippen LogP contribution is 2.24. The maximum absolute atomic E-state index is 12.0. The largest absolute Gasteiger partial charge is 0.336 e. The van der Waals surface area contributed by atoms with E-state index >= 15 is 0 Å². The Morgan fingerprint density at radius 2 is 1.96 bits per heavy atom. The summed E-state index contributed by atoms with van der Waals surface area (Å²) < 4.78 is 0. The van der Waals surface area contributed by atoms with Crippen LogP contribution < -0.4 is 15.5 Å². The fraction of sp³-hybridized carbons (Fsp3) is 0.353. The second-order valence-electron chi connectivity index (χ2n) is 5.58. The molecule has 2 aromatic rings. The van der Waals surface area contributed by atoms with Crippen molar-refractivity contribution in [3.63, 3.8) is 0 Å². The normalized spacial score (nSPS) is 10.6. The third kappa shape index (κ3) is 4.42. The van der Waals surface area contributed by atoms with Crippen LogP contribution in [0.2, 0.25) is 0 Å². The Labute approximate surface area is 135 Å². The second kappa shape index (κ2) is 7.58. The molecule has 0 aliphatic heterocycles. The van der Waals surface area contributed by atoms with Gasteiger partial charge in [0, 0.05) is 37.6 Å². The van der Waals surface area contributed by atoms with Crippen LogP contribution in [-0.2, 0) is 4.79 Å². The van der Waals surface area contributed by atoms with E-state index in [1.165, 1.54) is 6.92 Å². The molecule has 0 atom stereocenters. The third-order valence-corrected chi connectivity index (χ3v) is 3.32. The van der Waals surface area contributed by atoms with Crippen molar-refractivity contribution in [2.24, 2.45) is 0 Å². The van der Waals surface area contributed by atoms with E-state index in [-0.39, 0.29) is 18.0 Å². The lowest BCUT2D eigenvalue weighted by Gasteiger charge is -2.22. The molecule has 23 heavy (non-hydrogen) atoms. The molecule has 0 aliphatic rings. The lowest BCUT2D eigenvalue weighted by molar-refractivity contribution is -0.116. The van der Waals surface area contributed by atoms with Crippen molar-refractivity contribution in [2.75, 3.05) is 18.0 Å².